The molecule has 6 amide bonds. The monoisotopic (exact) mass is 371 g/mol. The molecule has 0 bridgehead atoms. The first-order valence-corrected chi connectivity index (χ1v) is 8.62. The van der Waals surface area contributed by atoms with Gasteiger partial charge in [-0.3, -0.25) is 19.8 Å². The number of urea groups is 2. The zero-order valence-corrected chi connectivity index (χ0v) is 15.0. The van der Waals surface area contributed by atoms with Crippen molar-refractivity contribution in [2.75, 3.05) is 6.54 Å². The Morgan fingerprint density at radius 3 is 2.70 bits per heavy atom. The molecule has 9 nitrogen and oxygen atoms in total. The van der Waals surface area contributed by atoms with Crippen LogP contribution in [0.3, 0.4) is 0 Å². The van der Waals surface area contributed by atoms with Crippen LogP contribution in [0.2, 0.25) is 0 Å². The van der Waals surface area contributed by atoms with Gasteiger partial charge in [0.05, 0.1) is 0 Å². The molecule has 0 unspecified atom stereocenters. The van der Waals surface area contributed by atoms with Crippen molar-refractivity contribution in [2.24, 2.45) is 0 Å². The first kappa shape index (κ1) is 18.4. The van der Waals surface area contributed by atoms with Crippen LogP contribution >= 0.6 is 0 Å². The van der Waals surface area contributed by atoms with E-state index in [2.05, 4.69) is 20.9 Å². The number of carbonyl (C=O) groups is 4. The lowest BCUT2D eigenvalue weighted by Crippen LogP contribution is -2.47. The molecule has 0 aliphatic carbocycles. The second kappa shape index (κ2) is 7.48. The molecule has 3 rings (SSSR count). The normalized spacial score (nSPS) is 16.7. The van der Waals surface area contributed by atoms with Crippen molar-refractivity contribution >= 4 is 34.8 Å². The zero-order valence-electron chi connectivity index (χ0n) is 15.0. The van der Waals surface area contributed by atoms with E-state index in [0.29, 0.717) is 6.42 Å². The second-order valence-corrected chi connectivity index (χ2v) is 6.67. The van der Waals surface area contributed by atoms with Gasteiger partial charge < -0.3 is 15.6 Å². The highest BCUT2D eigenvalue weighted by Gasteiger charge is 2.39. The van der Waals surface area contributed by atoms with Crippen LogP contribution in [0.1, 0.15) is 19.4 Å². The molecule has 0 radical (unpaired) electrons. The zero-order chi connectivity index (χ0) is 19.6. The molecule has 2 heterocycles. The number of hydrogen-bond acceptors (Lipinski definition) is 4. The molecule has 1 atom stereocenters. The highest BCUT2D eigenvalue weighted by atomic mass is 16.2. The number of nitrogens with zero attached hydrogens (tertiary/aromatic N) is 1. The minimum Gasteiger partial charge on any atom is -0.361 e. The van der Waals surface area contributed by atoms with Crippen molar-refractivity contribution < 1.29 is 19.2 Å². The lowest BCUT2D eigenvalue weighted by molar-refractivity contribution is -0.131. The van der Waals surface area contributed by atoms with E-state index in [1.165, 1.54) is 0 Å². The Hall–Kier alpha value is -3.36. The topological polar surface area (TPSA) is 123 Å². The molecule has 1 aromatic heterocycles. The van der Waals surface area contributed by atoms with Gasteiger partial charge in [0.15, 0.2) is 0 Å². The van der Waals surface area contributed by atoms with E-state index < -0.39 is 36.5 Å². The Morgan fingerprint density at radius 1 is 1.22 bits per heavy atom. The molecule has 142 valence electrons. The Labute approximate surface area is 155 Å². The Balaban J connectivity index is 1.63. The van der Waals surface area contributed by atoms with Gasteiger partial charge in [-0.1, -0.05) is 18.2 Å². The summed E-state index contributed by atoms with van der Waals surface area (Å²) in [5.41, 5.74) is 1.84. The van der Waals surface area contributed by atoms with Gasteiger partial charge in [0, 0.05) is 29.6 Å². The summed E-state index contributed by atoms with van der Waals surface area (Å²) < 4.78 is 0. The van der Waals surface area contributed by atoms with E-state index in [0.717, 1.165) is 21.4 Å². The maximum absolute atomic E-state index is 12.5. The number of carbonyl (C=O) groups excluding carboxylic acids is 4. The van der Waals surface area contributed by atoms with Crippen LogP contribution in [0.25, 0.3) is 10.9 Å². The van der Waals surface area contributed by atoms with Gasteiger partial charge in [-0.05, 0) is 25.5 Å². The van der Waals surface area contributed by atoms with E-state index in [9.17, 15) is 19.2 Å². The molecule has 1 saturated heterocycles. The van der Waals surface area contributed by atoms with Crippen LogP contribution in [-0.4, -0.2) is 52.4 Å². The lowest BCUT2D eigenvalue weighted by atomic mass is 10.1. The van der Waals surface area contributed by atoms with E-state index >= 15 is 0 Å². The SMILES string of the molecule is CC(C)NC(=O)NC(=O)CN1C(=O)N[C@@H](Cc2c[nH]c3ccccc23)C1=O. The summed E-state index contributed by atoms with van der Waals surface area (Å²) in [6, 6.07) is 5.44. The Kier molecular flexibility index (Phi) is 5.11. The summed E-state index contributed by atoms with van der Waals surface area (Å²) in [7, 11) is 0. The first-order chi connectivity index (χ1) is 12.8. The van der Waals surface area contributed by atoms with Crippen LogP contribution < -0.4 is 16.0 Å². The molecule has 1 fully saturated rings. The smallest absolute Gasteiger partial charge is 0.325 e. The summed E-state index contributed by atoms with van der Waals surface area (Å²) >= 11 is 0. The molecule has 27 heavy (non-hydrogen) atoms. The van der Waals surface area contributed by atoms with Crippen molar-refractivity contribution in [3.63, 3.8) is 0 Å². The number of benzene rings is 1. The average molecular weight is 371 g/mol. The third-order valence-corrected chi connectivity index (χ3v) is 4.18. The summed E-state index contributed by atoms with van der Waals surface area (Å²) in [5.74, 6) is -1.23. The fraction of sp³-hybridized carbons (Fsp3) is 0.333. The largest absolute Gasteiger partial charge is 0.361 e. The van der Waals surface area contributed by atoms with Crippen molar-refractivity contribution in [1.82, 2.24) is 25.8 Å². The van der Waals surface area contributed by atoms with Gasteiger partial charge in [-0.15, -0.1) is 0 Å². The fourth-order valence-electron chi connectivity index (χ4n) is 2.99. The van der Waals surface area contributed by atoms with Gasteiger partial charge in [0.25, 0.3) is 5.91 Å². The van der Waals surface area contributed by atoms with Crippen LogP contribution in [0, 0.1) is 0 Å². The van der Waals surface area contributed by atoms with Gasteiger partial charge in [-0.2, -0.15) is 0 Å². The molecule has 0 saturated carbocycles. The molecule has 9 heteroatoms. The molecule has 1 aliphatic rings. The van der Waals surface area contributed by atoms with Crippen molar-refractivity contribution in [1.29, 1.82) is 0 Å². The standard InChI is InChI=1S/C18H21N5O4/c1-10(2)20-17(26)22-15(24)9-23-16(25)14(21-18(23)27)7-11-8-19-13-6-4-3-5-12(11)13/h3-6,8,10,14,19H,7,9H2,1-2H3,(H,21,27)(H2,20,22,24,26)/t14-/m0/s1. The van der Waals surface area contributed by atoms with Gasteiger partial charge in [0.2, 0.25) is 5.91 Å². The quantitative estimate of drug-likeness (QED) is 0.582. The minimum atomic E-state index is -0.756. The molecule has 1 aromatic carbocycles. The van der Waals surface area contributed by atoms with E-state index in [1.54, 1.807) is 20.0 Å². The summed E-state index contributed by atoms with van der Waals surface area (Å²) in [6.07, 6.45) is 2.11. The van der Waals surface area contributed by atoms with Crippen LogP contribution in [0.4, 0.5) is 9.59 Å². The van der Waals surface area contributed by atoms with Gasteiger partial charge >= 0.3 is 12.1 Å². The van der Waals surface area contributed by atoms with Gasteiger partial charge in [-0.25, -0.2) is 9.59 Å². The number of aromatic amines is 1. The number of amides is 6. The third-order valence-electron chi connectivity index (χ3n) is 4.18. The fourth-order valence-corrected chi connectivity index (χ4v) is 2.99. The van der Waals surface area contributed by atoms with E-state index in [4.69, 9.17) is 0 Å². The highest BCUT2D eigenvalue weighted by molar-refractivity contribution is 6.08. The average Bonchev–Trinajstić information content (AvgIpc) is 3.11. The number of H-pyrrole nitrogens is 1. The summed E-state index contributed by atoms with van der Waals surface area (Å²) in [6.45, 7) is 2.98. The van der Waals surface area contributed by atoms with Gasteiger partial charge in [0.1, 0.15) is 12.6 Å². The van der Waals surface area contributed by atoms with Crippen LogP contribution in [0.15, 0.2) is 30.5 Å². The van der Waals surface area contributed by atoms with E-state index in [1.807, 2.05) is 24.3 Å². The Morgan fingerprint density at radius 2 is 1.96 bits per heavy atom. The molecule has 0 spiro atoms. The molecule has 4 N–H and O–H groups in total. The Bertz CT molecular complexity index is 904. The van der Waals surface area contributed by atoms with E-state index in [-0.39, 0.29) is 6.04 Å². The minimum absolute atomic E-state index is 0.143. The number of imide groups is 2. The predicted molar refractivity (Wildman–Crippen MR) is 97.8 cm³/mol. The van der Waals surface area contributed by atoms with Crippen LogP contribution in [-0.2, 0) is 16.0 Å². The maximum Gasteiger partial charge on any atom is 0.325 e. The number of hydrogen-bond donors (Lipinski definition) is 4. The predicted octanol–water partition coefficient (Wildman–Crippen LogP) is 0.865. The number of para-hydroxylation sites is 1. The molecule has 2 aromatic rings. The highest BCUT2D eigenvalue weighted by Crippen LogP contribution is 2.21. The van der Waals surface area contributed by atoms with Crippen LogP contribution in [0.5, 0.6) is 0 Å². The lowest BCUT2D eigenvalue weighted by Gasteiger charge is -2.13. The number of aromatic nitrogens is 1. The second-order valence-electron chi connectivity index (χ2n) is 6.67. The number of nitrogens with one attached hydrogen (secondary N) is 4. The number of rotatable bonds is 5. The molecular formula is C18H21N5O4. The summed E-state index contributed by atoms with van der Waals surface area (Å²) in [4.78, 5) is 52.0. The van der Waals surface area contributed by atoms with Crippen molar-refractivity contribution in [2.45, 2.75) is 32.4 Å². The summed E-state index contributed by atoms with van der Waals surface area (Å²) in [5, 5.41) is 8.16. The molecule has 1 aliphatic heterocycles. The number of fused-ring (bicyclic) bond motifs is 1. The first-order valence-electron chi connectivity index (χ1n) is 8.62. The maximum atomic E-state index is 12.5. The van der Waals surface area contributed by atoms with Crippen molar-refractivity contribution in [3.8, 4) is 0 Å². The molecular weight excluding hydrogens is 350 g/mol. The third kappa shape index (κ3) is 4.08. The van der Waals surface area contributed by atoms with Crippen molar-refractivity contribution in [3.05, 3.63) is 36.0 Å².